The number of hydrogen-bond donors (Lipinski definition) is 2. The molecule has 0 aromatic carbocycles. The number of aliphatic carboxylic acids is 1. The molecule has 1 aliphatic rings. The van der Waals surface area contributed by atoms with E-state index in [9.17, 15) is 9.59 Å². The van der Waals surface area contributed by atoms with Crippen LogP contribution in [0.5, 0.6) is 0 Å². The first-order chi connectivity index (χ1) is 7.11. The Morgan fingerprint density at radius 1 is 1.53 bits per heavy atom. The maximum Gasteiger partial charge on any atom is 0.315 e. The summed E-state index contributed by atoms with van der Waals surface area (Å²) in [5.74, 6) is 0.898. The minimum Gasteiger partial charge on any atom is -0.481 e. The van der Waals surface area contributed by atoms with Crippen LogP contribution in [0.25, 0.3) is 0 Å². The molecular weight excluding hydrogens is 234 g/mol. The van der Waals surface area contributed by atoms with Crippen LogP contribution in [0, 0.1) is 5.92 Å². The lowest BCUT2D eigenvalue weighted by atomic mass is 10.2. The highest BCUT2D eigenvalue weighted by Gasteiger charge is 2.22. The fraction of sp³-hybridized carbons (Fsp3) is 0.778. The largest absolute Gasteiger partial charge is 0.481 e. The van der Waals surface area contributed by atoms with E-state index in [2.05, 4.69) is 5.32 Å². The van der Waals surface area contributed by atoms with Crippen LogP contribution in [-0.2, 0) is 9.59 Å². The van der Waals surface area contributed by atoms with E-state index in [4.69, 9.17) is 5.11 Å². The predicted molar refractivity (Wildman–Crippen MR) is 63.4 cm³/mol. The Balaban J connectivity index is 2.23. The van der Waals surface area contributed by atoms with Crippen molar-refractivity contribution in [1.82, 2.24) is 5.32 Å². The Morgan fingerprint density at radius 3 is 2.80 bits per heavy atom. The van der Waals surface area contributed by atoms with Gasteiger partial charge in [-0.1, -0.05) is 0 Å². The number of carbonyl (C=O) groups is 2. The Bertz CT molecular complexity index is 242. The van der Waals surface area contributed by atoms with Crippen molar-refractivity contribution in [2.75, 3.05) is 23.8 Å². The summed E-state index contributed by atoms with van der Waals surface area (Å²) < 4.78 is 0. The Morgan fingerprint density at radius 2 is 2.27 bits per heavy atom. The Hall–Kier alpha value is -0.360. The molecule has 1 saturated heterocycles. The minimum absolute atomic E-state index is 0.390. The first kappa shape index (κ1) is 12.7. The van der Waals surface area contributed by atoms with Crippen LogP contribution in [0.3, 0.4) is 0 Å². The molecule has 6 heteroatoms. The van der Waals surface area contributed by atoms with E-state index in [1.165, 1.54) is 12.7 Å². The molecule has 0 saturated carbocycles. The highest BCUT2D eigenvalue weighted by atomic mass is 32.2. The van der Waals surface area contributed by atoms with Gasteiger partial charge in [0.05, 0.1) is 0 Å². The molecular formula is C9H15NO3S2. The molecule has 0 aromatic heterocycles. The number of carboxylic acid groups (broad SMARTS) is 1. The Kier molecular flexibility index (Phi) is 5.31. The summed E-state index contributed by atoms with van der Waals surface area (Å²) in [5, 5.41) is 11.7. The highest BCUT2D eigenvalue weighted by molar-refractivity contribution is 8.06. The summed E-state index contributed by atoms with van der Waals surface area (Å²) in [5.41, 5.74) is 0. The second kappa shape index (κ2) is 6.27. The maximum absolute atomic E-state index is 11.3. The smallest absolute Gasteiger partial charge is 0.315 e. The van der Waals surface area contributed by atoms with Crippen LogP contribution >= 0.6 is 23.5 Å². The van der Waals surface area contributed by atoms with Crippen LogP contribution in [0.4, 0.5) is 0 Å². The summed E-state index contributed by atoms with van der Waals surface area (Å²) in [7, 11) is 0. The second-order valence-corrected chi connectivity index (χ2v) is 5.93. The summed E-state index contributed by atoms with van der Waals surface area (Å²) >= 11 is 3.72. The van der Waals surface area contributed by atoms with Gasteiger partial charge >= 0.3 is 5.97 Å². The van der Waals surface area contributed by atoms with E-state index in [0.29, 0.717) is 11.8 Å². The van der Waals surface area contributed by atoms with E-state index in [0.717, 1.165) is 11.5 Å². The lowest BCUT2D eigenvalue weighted by Gasteiger charge is -2.21. The van der Waals surface area contributed by atoms with E-state index in [1.54, 1.807) is 0 Å². The number of nitrogens with one attached hydrogen (secondary N) is 1. The van der Waals surface area contributed by atoms with Gasteiger partial charge in [0.1, 0.15) is 5.92 Å². The monoisotopic (exact) mass is 249 g/mol. The lowest BCUT2D eigenvalue weighted by molar-refractivity contribution is -0.146. The number of rotatable bonds is 4. The average Bonchev–Trinajstić information content (AvgIpc) is 2.26. The predicted octanol–water partition coefficient (Wildman–Crippen LogP) is 0.672. The van der Waals surface area contributed by atoms with Crippen molar-refractivity contribution >= 4 is 35.4 Å². The van der Waals surface area contributed by atoms with Crippen LogP contribution in [0.15, 0.2) is 0 Å². The standard InChI is InChI=1S/C9H15NO3S2/c1-6(9(12)13)8(11)10-4-7-5-14-2-3-15-7/h6-7H,2-5H2,1H3,(H,10,11)(H,12,13). The van der Waals surface area contributed by atoms with E-state index in [1.807, 2.05) is 23.5 Å². The zero-order valence-corrected chi connectivity index (χ0v) is 10.2. The van der Waals surface area contributed by atoms with Crippen LogP contribution in [0.1, 0.15) is 6.92 Å². The van der Waals surface area contributed by atoms with Gasteiger partial charge in [0.25, 0.3) is 0 Å². The average molecular weight is 249 g/mol. The molecule has 1 rings (SSSR count). The number of carboxylic acids is 1. The summed E-state index contributed by atoms with van der Waals surface area (Å²) in [6, 6.07) is 0. The van der Waals surface area contributed by atoms with Crippen molar-refractivity contribution in [2.24, 2.45) is 5.92 Å². The normalized spacial score (nSPS) is 23.1. The van der Waals surface area contributed by atoms with Crippen molar-refractivity contribution < 1.29 is 14.7 Å². The van der Waals surface area contributed by atoms with Gasteiger partial charge in [0.2, 0.25) is 5.91 Å². The van der Waals surface area contributed by atoms with E-state index >= 15 is 0 Å². The quantitative estimate of drug-likeness (QED) is 0.717. The topological polar surface area (TPSA) is 66.4 Å². The van der Waals surface area contributed by atoms with Crippen molar-refractivity contribution in [3.05, 3.63) is 0 Å². The molecule has 0 radical (unpaired) electrons. The van der Waals surface area contributed by atoms with Crippen molar-refractivity contribution in [2.45, 2.75) is 12.2 Å². The lowest BCUT2D eigenvalue weighted by Crippen LogP contribution is -2.38. The molecule has 1 fully saturated rings. The molecule has 0 bridgehead atoms. The van der Waals surface area contributed by atoms with Crippen molar-refractivity contribution in [3.8, 4) is 0 Å². The third-order valence-corrected chi connectivity index (χ3v) is 5.00. The molecule has 2 atom stereocenters. The van der Waals surface area contributed by atoms with E-state index in [-0.39, 0.29) is 0 Å². The van der Waals surface area contributed by atoms with Crippen LogP contribution in [-0.4, -0.2) is 46.0 Å². The maximum atomic E-state index is 11.3. The van der Waals surface area contributed by atoms with Crippen LogP contribution < -0.4 is 5.32 Å². The number of carbonyl (C=O) groups excluding carboxylic acids is 1. The first-order valence-electron chi connectivity index (χ1n) is 4.81. The highest BCUT2D eigenvalue weighted by Crippen LogP contribution is 2.23. The van der Waals surface area contributed by atoms with Crippen LogP contribution in [0.2, 0.25) is 0 Å². The molecule has 4 nitrogen and oxygen atoms in total. The number of thioether (sulfide) groups is 2. The summed E-state index contributed by atoms with van der Waals surface area (Å²) in [4.78, 5) is 21.8. The third kappa shape index (κ3) is 4.34. The molecule has 1 heterocycles. The molecule has 0 spiro atoms. The molecule has 86 valence electrons. The Labute approximate surface area is 97.6 Å². The molecule has 1 aliphatic heterocycles. The first-order valence-corrected chi connectivity index (χ1v) is 7.01. The van der Waals surface area contributed by atoms with Gasteiger partial charge in [-0.25, -0.2) is 0 Å². The van der Waals surface area contributed by atoms with Gasteiger partial charge < -0.3 is 10.4 Å². The van der Waals surface area contributed by atoms with Gasteiger partial charge in [-0.3, -0.25) is 9.59 Å². The van der Waals surface area contributed by atoms with E-state index < -0.39 is 17.8 Å². The van der Waals surface area contributed by atoms with Gasteiger partial charge in [0.15, 0.2) is 0 Å². The molecule has 1 amide bonds. The van der Waals surface area contributed by atoms with Gasteiger partial charge in [-0.15, -0.1) is 0 Å². The van der Waals surface area contributed by atoms with Crippen molar-refractivity contribution in [1.29, 1.82) is 0 Å². The van der Waals surface area contributed by atoms with Gasteiger partial charge in [-0.2, -0.15) is 23.5 Å². The zero-order valence-electron chi connectivity index (χ0n) is 8.56. The molecule has 0 aromatic rings. The minimum atomic E-state index is -1.07. The van der Waals surface area contributed by atoms with Gasteiger partial charge in [0, 0.05) is 29.1 Å². The SMILES string of the molecule is CC(C(=O)O)C(=O)NCC1CSCCS1. The zero-order chi connectivity index (χ0) is 11.3. The third-order valence-electron chi connectivity index (χ3n) is 2.15. The molecule has 2 N–H and O–H groups in total. The molecule has 15 heavy (non-hydrogen) atoms. The number of hydrogen-bond acceptors (Lipinski definition) is 4. The summed E-state index contributed by atoms with van der Waals surface area (Å²) in [6.07, 6.45) is 0. The fourth-order valence-electron chi connectivity index (χ4n) is 1.13. The van der Waals surface area contributed by atoms with Gasteiger partial charge in [-0.05, 0) is 6.92 Å². The summed E-state index contributed by atoms with van der Waals surface area (Å²) in [6.45, 7) is 1.98. The molecule has 0 aliphatic carbocycles. The second-order valence-electron chi connectivity index (χ2n) is 3.37. The molecule has 2 unspecified atom stereocenters. The van der Waals surface area contributed by atoms with Crippen molar-refractivity contribution in [3.63, 3.8) is 0 Å². The number of amides is 1. The fourth-order valence-corrected chi connectivity index (χ4v) is 3.75.